The van der Waals surface area contributed by atoms with Crippen molar-refractivity contribution in [3.8, 4) is 11.5 Å². The lowest BCUT2D eigenvalue weighted by Gasteiger charge is -2.27. The van der Waals surface area contributed by atoms with Crippen LogP contribution in [0.3, 0.4) is 0 Å². The largest absolute Gasteiger partial charge is 0.508 e. The summed E-state index contributed by atoms with van der Waals surface area (Å²) in [5.74, 6) is -1.29. The molecule has 0 aromatic heterocycles. The van der Waals surface area contributed by atoms with Crippen molar-refractivity contribution in [2.75, 3.05) is 12.0 Å². The zero-order chi connectivity index (χ0) is 19.7. The number of amides is 1. The van der Waals surface area contributed by atoms with Crippen molar-refractivity contribution in [2.24, 2.45) is 5.92 Å². The van der Waals surface area contributed by atoms with E-state index in [-0.39, 0.29) is 17.1 Å². The Morgan fingerprint density at radius 3 is 2.33 bits per heavy atom. The standard InChI is InChI=1S/C21H21NO5/c1-12(2)19(24)17-18(13-5-4-6-15(23)11-13)22(21(26)20(17)25)14-7-9-16(27-3)10-8-14/h4-12,18,23,25H,1-3H3. The topological polar surface area (TPSA) is 87.1 Å². The molecule has 27 heavy (non-hydrogen) atoms. The zero-order valence-corrected chi connectivity index (χ0v) is 15.3. The van der Waals surface area contributed by atoms with Crippen molar-refractivity contribution in [3.63, 3.8) is 0 Å². The van der Waals surface area contributed by atoms with E-state index < -0.39 is 23.6 Å². The first-order valence-electron chi connectivity index (χ1n) is 8.59. The molecule has 1 atom stereocenters. The lowest BCUT2D eigenvalue weighted by molar-refractivity contribution is -0.119. The number of carbonyl (C=O) groups is 2. The third-order valence-corrected chi connectivity index (χ3v) is 4.53. The number of ether oxygens (including phenoxy) is 1. The molecule has 1 unspecified atom stereocenters. The quantitative estimate of drug-likeness (QED) is 0.844. The summed E-state index contributed by atoms with van der Waals surface area (Å²) in [5, 5.41) is 20.4. The highest BCUT2D eigenvalue weighted by Gasteiger charge is 2.44. The van der Waals surface area contributed by atoms with Gasteiger partial charge in [0.15, 0.2) is 11.5 Å². The number of Topliss-reactive ketones (excluding diaryl/α,β-unsaturated/α-hetero) is 1. The van der Waals surface area contributed by atoms with Crippen molar-refractivity contribution in [2.45, 2.75) is 19.9 Å². The number of aromatic hydroxyl groups is 1. The molecule has 1 aliphatic heterocycles. The molecule has 140 valence electrons. The van der Waals surface area contributed by atoms with Crippen LogP contribution in [-0.2, 0) is 9.59 Å². The number of aliphatic hydroxyl groups excluding tert-OH is 1. The van der Waals surface area contributed by atoms with Gasteiger partial charge in [0.25, 0.3) is 5.91 Å². The van der Waals surface area contributed by atoms with Crippen LogP contribution in [0.4, 0.5) is 5.69 Å². The van der Waals surface area contributed by atoms with Crippen LogP contribution in [0.25, 0.3) is 0 Å². The molecule has 6 heteroatoms. The molecule has 6 nitrogen and oxygen atoms in total. The summed E-state index contributed by atoms with van der Waals surface area (Å²) in [7, 11) is 1.54. The van der Waals surface area contributed by atoms with Crippen molar-refractivity contribution >= 4 is 17.4 Å². The van der Waals surface area contributed by atoms with Gasteiger partial charge in [-0.05, 0) is 42.0 Å². The number of hydrogen-bond donors (Lipinski definition) is 2. The van der Waals surface area contributed by atoms with E-state index in [9.17, 15) is 19.8 Å². The summed E-state index contributed by atoms with van der Waals surface area (Å²) in [5.41, 5.74) is 1.08. The highest BCUT2D eigenvalue weighted by atomic mass is 16.5. The maximum Gasteiger partial charge on any atom is 0.294 e. The Hall–Kier alpha value is -3.28. The molecule has 0 saturated carbocycles. The van der Waals surface area contributed by atoms with Gasteiger partial charge in [-0.25, -0.2) is 0 Å². The maximum absolute atomic E-state index is 12.8. The Bertz CT molecular complexity index is 914. The van der Waals surface area contributed by atoms with Gasteiger partial charge in [0, 0.05) is 11.6 Å². The van der Waals surface area contributed by atoms with Gasteiger partial charge in [0.05, 0.1) is 18.7 Å². The molecule has 0 bridgehead atoms. The Labute approximate surface area is 157 Å². The molecule has 0 aliphatic carbocycles. The Morgan fingerprint density at radius 2 is 1.78 bits per heavy atom. The molecule has 3 rings (SSSR count). The predicted octanol–water partition coefficient (Wildman–Crippen LogP) is 3.53. The fraction of sp³-hybridized carbons (Fsp3) is 0.238. The Kier molecular flexibility index (Phi) is 4.90. The van der Waals surface area contributed by atoms with E-state index in [0.29, 0.717) is 17.0 Å². The number of methoxy groups -OCH3 is 1. The fourth-order valence-electron chi connectivity index (χ4n) is 3.19. The van der Waals surface area contributed by atoms with E-state index in [1.54, 1.807) is 57.4 Å². The molecule has 2 N–H and O–H groups in total. The summed E-state index contributed by atoms with van der Waals surface area (Å²) in [6, 6.07) is 12.3. The summed E-state index contributed by atoms with van der Waals surface area (Å²) in [6.45, 7) is 3.42. The number of carbonyl (C=O) groups excluding carboxylic acids is 2. The first-order chi connectivity index (χ1) is 12.8. The van der Waals surface area contributed by atoms with E-state index in [0.717, 1.165) is 0 Å². The average molecular weight is 367 g/mol. The van der Waals surface area contributed by atoms with Crippen LogP contribution < -0.4 is 9.64 Å². The lowest BCUT2D eigenvalue weighted by Crippen LogP contribution is -2.31. The molecular weight excluding hydrogens is 346 g/mol. The lowest BCUT2D eigenvalue weighted by atomic mass is 9.91. The van der Waals surface area contributed by atoms with Gasteiger partial charge in [0.1, 0.15) is 11.5 Å². The van der Waals surface area contributed by atoms with E-state index >= 15 is 0 Å². The van der Waals surface area contributed by atoms with Crippen molar-refractivity contribution < 1.29 is 24.5 Å². The van der Waals surface area contributed by atoms with E-state index in [1.165, 1.54) is 17.0 Å². The van der Waals surface area contributed by atoms with Crippen molar-refractivity contribution in [1.82, 2.24) is 0 Å². The molecule has 0 spiro atoms. The van der Waals surface area contributed by atoms with Gasteiger partial charge in [0.2, 0.25) is 0 Å². The van der Waals surface area contributed by atoms with Crippen molar-refractivity contribution in [1.29, 1.82) is 0 Å². The second-order valence-corrected chi connectivity index (χ2v) is 6.65. The second-order valence-electron chi connectivity index (χ2n) is 6.65. The van der Waals surface area contributed by atoms with Crippen LogP contribution in [0.2, 0.25) is 0 Å². The number of nitrogens with zero attached hydrogens (tertiary/aromatic N) is 1. The number of anilines is 1. The minimum absolute atomic E-state index is 0.0114. The maximum atomic E-state index is 12.8. The first-order valence-corrected chi connectivity index (χ1v) is 8.59. The number of phenols is 1. The normalized spacial score (nSPS) is 17.0. The summed E-state index contributed by atoms with van der Waals surface area (Å²) in [4.78, 5) is 27.0. The molecule has 0 fully saturated rings. The highest BCUT2D eigenvalue weighted by Crippen LogP contribution is 2.42. The number of rotatable bonds is 5. The molecule has 2 aromatic carbocycles. The van der Waals surface area contributed by atoms with Crippen LogP contribution in [-0.4, -0.2) is 29.0 Å². The molecule has 1 aliphatic rings. The van der Waals surface area contributed by atoms with Crippen LogP contribution >= 0.6 is 0 Å². The van der Waals surface area contributed by atoms with Gasteiger partial charge < -0.3 is 14.9 Å². The average Bonchev–Trinajstić information content (AvgIpc) is 2.92. The SMILES string of the molecule is COc1ccc(N2C(=O)C(O)=C(C(=O)C(C)C)C2c2cccc(O)c2)cc1. The fourth-order valence-corrected chi connectivity index (χ4v) is 3.19. The third kappa shape index (κ3) is 3.26. The molecule has 2 aromatic rings. The highest BCUT2D eigenvalue weighted by molar-refractivity contribution is 6.16. The van der Waals surface area contributed by atoms with E-state index in [4.69, 9.17) is 4.74 Å². The number of phenolic OH excluding ortho intramolecular Hbond substituents is 1. The van der Waals surface area contributed by atoms with Gasteiger partial charge in [-0.3, -0.25) is 14.5 Å². The molecule has 1 heterocycles. The van der Waals surface area contributed by atoms with Crippen LogP contribution in [0.1, 0.15) is 25.5 Å². The smallest absolute Gasteiger partial charge is 0.294 e. The molecule has 0 saturated heterocycles. The van der Waals surface area contributed by atoms with E-state index in [1.807, 2.05) is 0 Å². The third-order valence-electron chi connectivity index (χ3n) is 4.53. The summed E-state index contributed by atoms with van der Waals surface area (Å²) >= 11 is 0. The van der Waals surface area contributed by atoms with E-state index in [2.05, 4.69) is 0 Å². The molecule has 1 amide bonds. The molecular formula is C21H21NO5. The predicted molar refractivity (Wildman–Crippen MR) is 101 cm³/mol. The van der Waals surface area contributed by atoms with Crippen LogP contribution in [0.5, 0.6) is 11.5 Å². The van der Waals surface area contributed by atoms with Gasteiger partial charge in [-0.2, -0.15) is 0 Å². The number of benzene rings is 2. The number of aliphatic hydroxyl groups is 1. The summed E-state index contributed by atoms with van der Waals surface area (Å²) < 4.78 is 5.15. The van der Waals surface area contributed by atoms with Crippen LogP contribution in [0.15, 0.2) is 59.9 Å². The Morgan fingerprint density at radius 1 is 1.11 bits per heavy atom. The zero-order valence-electron chi connectivity index (χ0n) is 15.3. The van der Waals surface area contributed by atoms with Gasteiger partial charge in [-0.15, -0.1) is 0 Å². The Balaban J connectivity index is 2.17. The minimum atomic E-state index is -0.826. The van der Waals surface area contributed by atoms with Crippen LogP contribution in [0, 0.1) is 5.92 Å². The van der Waals surface area contributed by atoms with Gasteiger partial charge >= 0.3 is 0 Å². The summed E-state index contributed by atoms with van der Waals surface area (Å²) in [6.07, 6.45) is 0. The first kappa shape index (κ1) is 18.5. The van der Waals surface area contributed by atoms with Gasteiger partial charge in [-0.1, -0.05) is 26.0 Å². The van der Waals surface area contributed by atoms with Crippen molar-refractivity contribution in [3.05, 3.63) is 65.4 Å². The molecule has 0 radical (unpaired) electrons. The monoisotopic (exact) mass is 367 g/mol. The number of ketones is 1. The minimum Gasteiger partial charge on any atom is -0.508 e. The second kappa shape index (κ2) is 7.15. The number of hydrogen-bond acceptors (Lipinski definition) is 5.